The van der Waals surface area contributed by atoms with Gasteiger partial charge in [0.2, 0.25) is 0 Å². The van der Waals surface area contributed by atoms with E-state index in [1.165, 1.54) is 12.1 Å². The molecule has 18 heavy (non-hydrogen) atoms. The summed E-state index contributed by atoms with van der Waals surface area (Å²) in [6.07, 6.45) is 0.727. The average molecular weight is 250 g/mol. The summed E-state index contributed by atoms with van der Waals surface area (Å²) in [5, 5.41) is 19.7. The number of carbonyl (C=O) groups is 1. The molecule has 1 N–H and O–H groups in total. The molecule has 6 nitrogen and oxygen atoms in total. The molecular weight excluding hydrogens is 236 g/mol. The Morgan fingerprint density at radius 1 is 1.50 bits per heavy atom. The van der Waals surface area contributed by atoms with Crippen molar-refractivity contribution < 1.29 is 14.8 Å². The third kappa shape index (κ3) is 2.33. The molecule has 0 bridgehead atoms. The van der Waals surface area contributed by atoms with Crippen LogP contribution in [0.3, 0.4) is 0 Å². The molecule has 96 valence electrons. The van der Waals surface area contributed by atoms with Gasteiger partial charge in [0.05, 0.1) is 4.92 Å². The molecule has 0 radical (unpaired) electrons. The van der Waals surface area contributed by atoms with E-state index in [1.54, 1.807) is 13.0 Å². The van der Waals surface area contributed by atoms with E-state index >= 15 is 0 Å². The third-order valence-electron chi connectivity index (χ3n) is 3.35. The van der Waals surface area contributed by atoms with Crippen LogP contribution in [-0.4, -0.2) is 33.5 Å². The second-order valence-electron chi connectivity index (χ2n) is 4.44. The molecule has 1 aliphatic heterocycles. The van der Waals surface area contributed by atoms with Gasteiger partial charge in [-0.2, -0.15) is 0 Å². The summed E-state index contributed by atoms with van der Waals surface area (Å²) in [4.78, 5) is 23.0. The standard InChI is InChI=1S/C12H14N2O4/c1-8(12(15)16)13-5-4-9-2-3-11(14(17)18)6-10(9)7-13/h2-3,6,8H,4-5,7H2,1H3,(H,15,16)/t8-/m0/s1. The van der Waals surface area contributed by atoms with E-state index in [-0.39, 0.29) is 5.69 Å². The smallest absolute Gasteiger partial charge is 0.320 e. The van der Waals surface area contributed by atoms with Gasteiger partial charge in [-0.1, -0.05) is 6.07 Å². The van der Waals surface area contributed by atoms with Crippen molar-refractivity contribution in [1.29, 1.82) is 0 Å². The predicted octanol–water partition coefficient (Wildman–Crippen LogP) is 1.43. The van der Waals surface area contributed by atoms with Crippen molar-refractivity contribution in [2.24, 2.45) is 0 Å². The maximum atomic E-state index is 10.9. The van der Waals surface area contributed by atoms with Crippen LogP contribution >= 0.6 is 0 Å². The van der Waals surface area contributed by atoms with Crippen LogP contribution in [0.15, 0.2) is 18.2 Å². The zero-order valence-corrected chi connectivity index (χ0v) is 10.00. The van der Waals surface area contributed by atoms with E-state index in [2.05, 4.69) is 0 Å². The molecule has 1 aromatic rings. The fourth-order valence-corrected chi connectivity index (χ4v) is 2.17. The highest BCUT2D eigenvalue weighted by Crippen LogP contribution is 2.24. The molecule has 1 aromatic carbocycles. The van der Waals surface area contributed by atoms with Gasteiger partial charge >= 0.3 is 5.97 Å². The molecule has 1 heterocycles. The van der Waals surface area contributed by atoms with Crippen molar-refractivity contribution >= 4 is 11.7 Å². The van der Waals surface area contributed by atoms with Gasteiger partial charge in [0.25, 0.3) is 5.69 Å². The maximum Gasteiger partial charge on any atom is 0.320 e. The van der Waals surface area contributed by atoms with Crippen LogP contribution in [0.2, 0.25) is 0 Å². The molecule has 0 fully saturated rings. The van der Waals surface area contributed by atoms with E-state index in [0.29, 0.717) is 13.1 Å². The van der Waals surface area contributed by atoms with Crippen LogP contribution in [0, 0.1) is 10.1 Å². The Hall–Kier alpha value is -1.95. The van der Waals surface area contributed by atoms with Crippen LogP contribution in [-0.2, 0) is 17.8 Å². The fourth-order valence-electron chi connectivity index (χ4n) is 2.17. The van der Waals surface area contributed by atoms with Crippen molar-refractivity contribution in [3.05, 3.63) is 39.4 Å². The summed E-state index contributed by atoms with van der Waals surface area (Å²) in [6.45, 7) is 2.74. The summed E-state index contributed by atoms with van der Waals surface area (Å²) in [5.74, 6) is -0.871. The average Bonchev–Trinajstić information content (AvgIpc) is 2.36. The van der Waals surface area contributed by atoms with Gasteiger partial charge in [-0.15, -0.1) is 0 Å². The largest absolute Gasteiger partial charge is 0.480 e. The zero-order chi connectivity index (χ0) is 13.3. The lowest BCUT2D eigenvalue weighted by molar-refractivity contribution is -0.385. The van der Waals surface area contributed by atoms with Crippen LogP contribution in [0.1, 0.15) is 18.1 Å². The van der Waals surface area contributed by atoms with E-state index in [9.17, 15) is 14.9 Å². The van der Waals surface area contributed by atoms with Gasteiger partial charge in [-0.3, -0.25) is 19.8 Å². The topological polar surface area (TPSA) is 83.7 Å². The quantitative estimate of drug-likeness (QED) is 0.648. The summed E-state index contributed by atoms with van der Waals surface area (Å²) in [6, 6.07) is 4.22. The normalized spacial score (nSPS) is 16.9. The van der Waals surface area contributed by atoms with Gasteiger partial charge < -0.3 is 5.11 Å². The number of hydrogen-bond acceptors (Lipinski definition) is 4. The molecule has 0 saturated carbocycles. The van der Waals surface area contributed by atoms with Crippen molar-refractivity contribution in [2.75, 3.05) is 6.54 Å². The lowest BCUT2D eigenvalue weighted by Gasteiger charge is -2.31. The minimum Gasteiger partial charge on any atom is -0.480 e. The predicted molar refractivity (Wildman–Crippen MR) is 64.3 cm³/mol. The number of nitro groups is 1. The first kappa shape index (κ1) is 12.5. The Bertz CT molecular complexity index is 501. The highest BCUT2D eigenvalue weighted by molar-refractivity contribution is 5.73. The molecule has 1 aliphatic rings. The first-order valence-corrected chi connectivity index (χ1v) is 5.72. The molecule has 0 spiro atoms. The summed E-state index contributed by atoms with van der Waals surface area (Å²) < 4.78 is 0. The number of fused-ring (bicyclic) bond motifs is 1. The number of carboxylic acids is 1. The van der Waals surface area contributed by atoms with Crippen molar-refractivity contribution in [3.63, 3.8) is 0 Å². The number of aliphatic carboxylic acids is 1. The minimum atomic E-state index is -0.871. The number of rotatable bonds is 3. The highest BCUT2D eigenvalue weighted by Gasteiger charge is 2.25. The maximum absolute atomic E-state index is 10.9. The van der Waals surface area contributed by atoms with Gasteiger partial charge in [0.15, 0.2) is 0 Å². The van der Waals surface area contributed by atoms with Crippen LogP contribution in [0.4, 0.5) is 5.69 Å². The molecule has 0 amide bonds. The number of carboxylic acid groups (broad SMARTS) is 1. The Balaban J connectivity index is 2.24. The van der Waals surface area contributed by atoms with Crippen LogP contribution < -0.4 is 0 Å². The monoisotopic (exact) mass is 250 g/mol. The SMILES string of the molecule is C[C@@H](C(=O)O)N1CCc2ccc([N+](=O)[O-])cc2C1. The molecule has 0 unspecified atom stereocenters. The minimum absolute atomic E-state index is 0.0542. The van der Waals surface area contributed by atoms with E-state index in [4.69, 9.17) is 5.11 Å². The van der Waals surface area contributed by atoms with Crippen LogP contribution in [0.5, 0.6) is 0 Å². The zero-order valence-electron chi connectivity index (χ0n) is 10.00. The fraction of sp³-hybridized carbons (Fsp3) is 0.417. The molecule has 0 aliphatic carbocycles. The van der Waals surface area contributed by atoms with Gasteiger partial charge in [-0.25, -0.2) is 0 Å². The van der Waals surface area contributed by atoms with Gasteiger partial charge in [-0.05, 0) is 24.5 Å². The lowest BCUT2D eigenvalue weighted by Crippen LogP contribution is -2.42. The summed E-state index contributed by atoms with van der Waals surface area (Å²) in [5.41, 5.74) is 1.97. The lowest BCUT2D eigenvalue weighted by atomic mass is 9.98. The summed E-state index contributed by atoms with van der Waals surface area (Å²) >= 11 is 0. The Morgan fingerprint density at radius 3 is 2.83 bits per heavy atom. The van der Waals surface area contributed by atoms with Crippen molar-refractivity contribution in [3.8, 4) is 0 Å². The Kier molecular flexibility index (Phi) is 3.29. The van der Waals surface area contributed by atoms with Gasteiger partial charge in [0, 0.05) is 25.2 Å². The van der Waals surface area contributed by atoms with Crippen molar-refractivity contribution in [1.82, 2.24) is 4.90 Å². The number of benzene rings is 1. The number of non-ortho nitro benzene ring substituents is 1. The van der Waals surface area contributed by atoms with E-state index in [0.717, 1.165) is 17.5 Å². The van der Waals surface area contributed by atoms with E-state index < -0.39 is 16.9 Å². The highest BCUT2D eigenvalue weighted by atomic mass is 16.6. The second kappa shape index (κ2) is 4.73. The number of nitro benzene ring substituents is 1. The first-order valence-electron chi connectivity index (χ1n) is 5.72. The molecule has 0 saturated heterocycles. The third-order valence-corrected chi connectivity index (χ3v) is 3.35. The summed E-state index contributed by atoms with van der Waals surface area (Å²) in [7, 11) is 0. The van der Waals surface area contributed by atoms with E-state index in [1.807, 2.05) is 4.90 Å². The molecule has 6 heteroatoms. The molecule has 1 atom stereocenters. The van der Waals surface area contributed by atoms with Crippen molar-refractivity contribution in [2.45, 2.75) is 25.9 Å². The molecule has 0 aromatic heterocycles. The second-order valence-corrected chi connectivity index (χ2v) is 4.44. The van der Waals surface area contributed by atoms with Crippen LogP contribution in [0.25, 0.3) is 0 Å². The Labute approximate surface area is 104 Å². The number of nitrogens with zero attached hydrogens (tertiary/aromatic N) is 2. The first-order chi connectivity index (χ1) is 8.49. The number of hydrogen-bond donors (Lipinski definition) is 1. The Morgan fingerprint density at radius 2 is 2.22 bits per heavy atom. The molecule has 2 rings (SSSR count). The molecular formula is C12H14N2O4. The van der Waals surface area contributed by atoms with Gasteiger partial charge in [0.1, 0.15) is 6.04 Å².